The van der Waals surface area contributed by atoms with Crippen molar-refractivity contribution in [2.75, 3.05) is 0 Å². The van der Waals surface area contributed by atoms with Crippen LogP contribution in [0.25, 0.3) is 0 Å². The molecule has 1 heterocycles. The molecule has 0 saturated heterocycles. The van der Waals surface area contributed by atoms with Gasteiger partial charge in [0.15, 0.2) is 5.78 Å². The van der Waals surface area contributed by atoms with Crippen molar-refractivity contribution in [3.63, 3.8) is 0 Å². The van der Waals surface area contributed by atoms with E-state index in [2.05, 4.69) is 15.2 Å². The maximum atomic E-state index is 12.1. The molecule has 1 aromatic heterocycles. The van der Waals surface area contributed by atoms with Gasteiger partial charge < -0.3 is 4.74 Å². The number of hydrogen-bond acceptors (Lipinski definition) is 4. The summed E-state index contributed by atoms with van der Waals surface area (Å²) in [5.41, 5.74) is 0.617. The monoisotopic (exact) mass is 279 g/mol. The van der Waals surface area contributed by atoms with E-state index in [0.29, 0.717) is 17.1 Å². The highest BCUT2D eigenvalue weighted by Gasteiger charge is 2.09. The Bertz CT molecular complexity index is 707. The van der Waals surface area contributed by atoms with Gasteiger partial charge in [-0.3, -0.25) is 9.89 Å². The van der Waals surface area contributed by atoms with Crippen LogP contribution >= 0.6 is 0 Å². The van der Waals surface area contributed by atoms with Gasteiger partial charge >= 0.3 is 0 Å². The predicted octanol–water partition coefficient (Wildman–Crippen LogP) is 3.02. The molecule has 3 rings (SSSR count). The van der Waals surface area contributed by atoms with Crippen LogP contribution in [-0.2, 0) is 6.42 Å². The zero-order valence-corrected chi connectivity index (χ0v) is 11.2. The summed E-state index contributed by atoms with van der Waals surface area (Å²) in [6.07, 6.45) is 1.60. The molecule has 5 nitrogen and oxygen atoms in total. The number of ether oxygens (including phenoxy) is 1. The van der Waals surface area contributed by atoms with E-state index in [1.807, 2.05) is 30.3 Å². The van der Waals surface area contributed by atoms with E-state index in [0.717, 1.165) is 5.75 Å². The number of carbonyl (C=O) groups is 1. The molecule has 0 radical (unpaired) electrons. The van der Waals surface area contributed by atoms with Crippen molar-refractivity contribution in [1.29, 1.82) is 0 Å². The quantitative estimate of drug-likeness (QED) is 0.729. The number of H-pyrrole nitrogens is 1. The molecule has 0 amide bonds. The molecule has 0 aliphatic carbocycles. The van der Waals surface area contributed by atoms with Gasteiger partial charge in [0.25, 0.3) is 0 Å². The summed E-state index contributed by atoms with van der Waals surface area (Å²) in [7, 11) is 0. The van der Waals surface area contributed by atoms with Crippen LogP contribution in [0.3, 0.4) is 0 Å². The summed E-state index contributed by atoms with van der Waals surface area (Å²) in [4.78, 5) is 16.0. The molecular formula is C16H13N3O2. The second-order valence-corrected chi connectivity index (χ2v) is 4.47. The van der Waals surface area contributed by atoms with Crippen LogP contribution in [-0.4, -0.2) is 21.0 Å². The number of carbonyl (C=O) groups excluding carboxylic acids is 1. The Hall–Kier alpha value is -2.95. The molecule has 0 bridgehead atoms. The average Bonchev–Trinajstić information content (AvgIpc) is 3.02. The number of para-hydroxylation sites is 1. The van der Waals surface area contributed by atoms with Gasteiger partial charge in [0.05, 0.1) is 6.42 Å². The van der Waals surface area contributed by atoms with Gasteiger partial charge in [0.1, 0.15) is 23.7 Å². The van der Waals surface area contributed by atoms with E-state index >= 15 is 0 Å². The Morgan fingerprint density at radius 2 is 1.71 bits per heavy atom. The fraction of sp³-hybridized carbons (Fsp3) is 0.0625. The second-order valence-electron chi connectivity index (χ2n) is 4.47. The van der Waals surface area contributed by atoms with E-state index in [9.17, 15) is 4.79 Å². The summed E-state index contributed by atoms with van der Waals surface area (Å²) < 4.78 is 5.68. The minimum absolute atomic E-state index is 0.0157. The number of hydrogen-bond donors (Lipinski definition) is 1. The van der Waals surface area contributed by atoms with Crippen molar-refractivity contribution >= 4 is 5.78 Å². The zero-order chi connectivity index (χ0) is 14.5. The van der Waals surface area contributed by atoms with Crippen LogP contribution in [0.2, 0.25) is 0 Å². The van der Waals surface area contributed by atoms with Gasteiger partial charge in [0.2, 0.25) is 0 Å². The van der Waals surface area contributed by atoms with Crippen LogP contribution in [0.4, 0.5) is 0 Å². The second kappa shape index (κ2) is 6.00. The highest BCUT2D eigenvalue weighted by Crippen LogP contribution is 2.21. The van der Waals surface area contributed by atoms with Crippen LogP contribution in [0.15, 0.2) is 60.9 Å². The molecule has 0 atom stereocenters. The first-order valence-corrected chi connectivity index (χ1v) is 6.52. The normalized spacial score (nSPS) is 10.3. The third-order valence-electron chi connectivity index (χ3n) is 2.95. The Balaban J connectivity index is 1.68. The van der Waals surface area contributed by atoms with Crippen molar-refractivity contribution in [2.45, 2.75) is 6.42 Å². The summed E-state index contributed by atoms with van der Waals surface area (Å²) in [5.74, 6) is 2.00. The van der Waals surface area contributed by atoms with Gasteiger partial charge in [-0.2, -0.15) is 5.10 Å². The molecule has 0 fully saturated rings. The Morgan fingerprint density at radius 1 is 1.00 bits per heavy atom. The summed E-state index contributed by atoms with van der Waals surface area (Å²) >= 11 is 0. The van der Waals surface area contributed by atoms with Crippen molar-refractivity contribution in [3.05, 3.63) is 72.3 Å². The topological polar surface area (TPSA) is 67.9 Å². The van der Waals surface area contributed by atoms with E-state index in [4.69, 9.17) is 4.74 Å². The lowest BCUT2D eigenvalue weighted by Gasteiger charge is -2.06. The first-order chi connectivity index (χ1) is 10.3. The van der Waals surface area contributed by atoms with Crippen molar-refractivity contribution in [2.24, 2.45) is 0 Å². The molecule has 104 valence electrons. The van der Waals surface area contributed by atoms with E-state index < -0.39 is 0 Å². The minimum Gasteiger partial charge on any atom is -0.457 e. The van der Waals surface area contributed by atoms with Gasteiger partial charge in [-0.1, -0.05) is 18.2 Å². The molecule has 21 heavy (non-hydrogen) atoms. The fourth-order valence-electron chi connectivity index (χ4n) is 1.90. The summed E-state index contributed by atoms with van der Waals surface area (Å²) in [5, 5.41) is 6.40. The lowest BCUT2D eigenvalue weighted by atomic mass is 10.1. The number of ketones is 1. The third kappa shape index (κ3) is 3.33. The minimum atomic E-state index is -0.0157. The third-order valence-corrected chi connectivity index (χ3v) is 2.95. The number of nitrogens with one attached hydrogen (secondary N) is 1. The van der Waals surface area contributed by atoms with E-state index in [-0.39, 0.29) is 12.2 Å². The fourth-order valence-corrected chi connectivity index (χ4v) is 1.90. The number of aromatic nitrogens is 3. The number of aromatic amines is 1. The highest BCUT2D eigenvalue weighted by molar-refractivity contribution is 5.97. The smallest absolute Gasteiger partial charge is 0.170 e. The van der Waals surface area contributed by atoms with Gasteiger partial charge in [-0.15, -0.1) is 0 Å². The SMILES string of the molecule is O=C(Cc1ncn[nH]1)c1ccc(Oc2ccccc2)cc1. The first kappa shape index (κ1) is 13.1. The van der Waals surface area contributed by atoms with Gasteiger partial charge in [0, 0.05) is 5.56 Å². The molecule has 0 aliphatic rings. The number of benzene rings is 2. The van der Waals surface area contributed by atoms with E-state index in [1.165, 1.54) is 6.33 Å². The van der Waals surface area contributed by atoms with Gasteiger partial charge in [-0.25, -0.2) is 4.98 Å². The number of Topliss-reactive ketones (excluding diaryl/α,β-unsaturated/α-hetero) is 1. The van der Waals surface area contributed by atoms with Crippen LogP contribution in [0.1, 0.15) is 16.2 Å². The Kier molecular flexibility index (Phi) is 3.73. The number of rotatable bonds is 5. The standard InChI is InChI=1S/C16H13N3O2/c20-15(10-16-17-11-18-19-16)12-6-8-14(9-7-12)21-13-4-2-1-3-5-13/h1-9,11H,10H2,(H,17,18,19). The van der Waals surface area contributed by atoms with Gasteiger partial charge in [-0.05, 0) is 36.4 Å². The molecule has 5 heteroatoms. The van der Waals surface area contributed by atoms with Crippen molar-refractivity contribution in [3.8, 4) is 11.5 Å². The van der Waals surface area contributed by atoms with Crippen molar-refractivity contribution in [1.82, 2.24) is 15.2 Å². The summed E-state index contributed by atoms with van der Waals surface area (Å²) in [6.45, 7) is 0. The highest BCUT2D eigenvalue weighted by atomic mass is 16.5. The molecule has 0 unspecified atom stereocenters. The average molecular weight is 279 g/mol. The molecule has 3 aromatic rings. The molecular weight excluding hydrogens is 266 g/mol. The maximum Gasteiger partial charge on any atom is 0.170 e. The molecule has 2 aromatic carbocycles. The Labute approximate surface area is 121 Å². The summed E-state index contributed by atoms with van der Waals surface area (Å²) in [6, 6.07) is 16.6. The van der Waals surface area contributed by atoms with Crippen LogP contribution in [0.5, 0.6) is 11.5 Å². The van der Waals surface area contributed by atoms with E-state index in [1.54, 1.807) is 24.3 Å². The maximum absolute atomic E-state index is 12.1. The Morgan fingerprint density at radius 3 is 2.38 bits per heavy atom. The predicted molar refractivity (Wildman–Crippen MR) is 77.4 cm³/mol. The van der Waals surface area contributed by atoms with Crippen molar-refractivity contribution < 1.29 is 9.53 Å². The molecule has 1 N–H and O–H groups in total. The van der Waals surface area contributed by atoms with Crippen LogP contribution < -0.4 is 4.74 Å². The molecule has 0 saturated carbocycles. The number of nitrogens with zero attached hydrogens (tertiary/aromatic N) is 2. The van der Waals surface area contributed by atoms with Crippen LogP contribution in [0, 0.1) is 0 Å². The molecule has 0 spiro atoms. The lowest BCUT2D eigenvalue weighted by Crippen LogP contribution is -2.04. The largest absolute Gasteiger partial charge is 0.457 e. The lowest BCUT2D eigenvalue weighted by molar-refractivity contribution is 0.0991. The zero-order valence-electron chi connectivity index (χ0n) is 11.2. The first-order valence-electron chi connectivity index (χ1n) is 6.52. The molecule has 0 aliphatic heterocycles.